The van der Waals surface area contributed by atoms with E-state index in [2.05, 4.69) is 107 Å². The van der Waals surface area contributed by atoms with Gasteiger partial charge in [0, 0.05) is 83.8 Å². The Hall–Kier alpha value is -7.81. The van der Waals surface area contributed by atoms with Crippen LogP contribution in [0, 0.1) is 10.8 Å². The quantitative estimate of drug-likeness (QED) is 0.0128. The first-order valence-corrected chi connectivity index (χ1v) is 47.3. The van der Waals surface area contributed by atoms with Gasteiger partial charge >= 0.3 is 54.0 Å². The molecule has 0 aromatic heterocycles. The number of benzene rings is 2. The molecule has 15 atom stereocenters. The van der Waals surface area contributed by atoms with Gasteiger partial charge in [-0.15, -0.1) is 0 Å². The number of ether oxygens (including phenoxy) is 13. The number of carbonyl (C=O) groups excluding carboxylic acids is 9. The van der Waals surface area contributed by atoms with Gasteiger partial charge in [-0.05, 0) is 183 Å². The van der Waals surface area contributed by atoms with Crippen LogP contribution < -0.4 is 5.32 Å². The van der Waals surface area contributed by atoms with E-state index < -0.39 is 164 Å². The Kier molecular flexibility index (Phi) is 64.2. The maximum absolute atomic E-state index is 12.4. The molecule has 0 radical (unpaired) electrons. The summed E-state index contributed by atoms with van der Waals surface area (Å²) in [6.07, 6.45) is -2.98. The van der Waals surface area contributed by atoms with E-state index in [1.165, 1.54) is 49.7 Å². The van der Waals surface area contributed by atoms with Crippen LogP contribution in [0.15, 0.2) is 86.0 Å². The lowest BCUT2D eigenvalue weighted by Crippen LogP contribution is -2.61. The number of amides is 2. The minimum Gasteiger partial charge on any atom is -0.460 e. The standard InChI is InChI=1S/2C25H45NO10.C13H21N.C12H16O8.C11H16.C9H18O2.C4H8O/c2*1-6-8-14-26(24(32)36-25(3,4)5)15-11-9-10-13-19(29)35-22-21(34-18(28)12-7-2)20(30)17(16-27)33-23(22)31;1-2-3-4-8-11-14-12-13-9-6-5-7-10-13;1-3-7(14)19-10-9(16)6(5-13)18-12(17)11(10)20-8(15)4-2;1-11(2,3)9-10-7-5-4-6-8-10;1-8(2,3)7(10)11-9(4,5)6;1-2-4-5-3-1/h2*17,20-23,27,30-31H,6-16H2,1-5H3;5-7,9-10,14H,2-4,8,11-12H2,1H3;3-4,6,9-13,16-17H,1-2,5H2;4-8H,9H2,1-3H3;1-6H3;1-4H2/t2*17?,20-,21+,22?,23-;;6?,9-,10+,11?,12-;;;/m11.1.../s1. The number of esters is 7. The zero-order valence-electron chi connectivity index (χ0n) is 83.4. The molecule has 2 aromatic rings. The van der Waals surface area contributed by atoms with Crippen molar-refractivity contribution in [2.24, 2.45) is 10.8 Å². The molecule has 4 saturated heterocycles. The first-order valence-electron chi connectivity index (χ1n) is 47.3. The molecule has 2 aromatic carbocycles. The average Bonchev–Trinajstić information content (AvgIpc) is 1.09. The van der Waals surface area contributed by atoms with Crippen LogP contribution in [0.3, 0.4) is 0 Å². The maximum Gasteiger partial charge on any atom is 0.410 e. The van der Waals surface area contributed by atoms with Crippen LogP contribution in [-0.4, -0.2) is 284 Å². The number of aliphatic hydroxyl groups excluding tert-OH is 9. The molecule has 133 heavy (non-hydrogen) atoms. The third-order valence-electron chi connectivity index (χ3n) is 19.5. The van der Waals surface area contributed by atoms with E-state index in [-0.39, 0.29) is 49.4 Å². The molecule has 0 bridgehead atoms. The van der Waals surface area contributed by atoms with Gasteiger partial charge in [0.2, 0.25) is 0 Å². The fraction of sp³-hybridized carbons (Fsp3) is 0.747. The lowest BCUT2D eigenvalue weighted by Gasteiger charge is -2.41. The molecule has 4 aliphatic heterocycles. The lowest BCUT2D eigenvalue weighted by molar-refractivity contribution is -0.293. The van der Waals surface area contributed by atoms with Crippen LogP contribution >= 0.6 is 0 Å². The van der Waals surface area contributed by atoms with Crippen LogP contribution in [0.1, 0.15) is 291 Å². The van der Waals surface area contributed by atoms with E-state index in [0.717, 1.165) is 70.6 Å². The molecule has 6 unspecified atom stereocenters. The van der Waals surface area contributed by atoms with E-state index >= 15 is 0 Å². The second kappa shape index (κ2) is 68.2. The molecule has 0 spiro atoms. The molecule has 4 fully saturated rings. The van der Waals surface area contributed by atoms with Crippen molar-refractivity contribution in [2.75, 3.05) is 65.8 Å². The Morgan fingerprint density at radius 3 is 1.03 bits per heavy atom. The van der Waals surface area contributed by atoms with E-state index in [9.17, 15) is 84.0 Å². The molecule has 34 nitrogen and oxygen atoms in total. The number of unbranched alkanes of at least 4 members (excludes halogenated alkanes) is 9. The fourth-order valence-electron chi connectivity index (χ4n) is 12.7. The van der Waals surface area contributed by atoms with Crippen molar-refractivity contribution < 1.29 is 151 Å². The van der Waals surface area contributed by atoms with Crippen molar-refractivity contribution in [3.05, 3.63) is 97.1 Å². The van der Waals surface area contributed by atoms with Gasteiger partial charge in [0.25, 0.3) is 0 Å². The lowest BCUT2D eigenvalue weighted by atomic mass is 9.88. The largest absolute Gasteiger partial charge is 0.460 e. The molecule has 6 rings (SSSR count). The highest BCUT2D eigenvalue weighted by molar-refractivity contribution is 5.82. The monoisotopic (exact) mass is 1900 g/mol. The summed E-state index contributed by atoms with van der Waals surface area (Å²) in [4.78, 5) is 111. The van der Waals surface area contributed by atoms with E-state index in [1.54, 1.807) is 23.6 Å². The van der Waals surface area contributed by atoms with Crippen molar-refractivity contribution in [1.82, 2.24) is 15.1 Å². The third-order valence-corrected chi connectivity index (χ3v) is 19.5. The van der Waals surface area contributed by atoms with Crippen LogP contribution in [0.4, 0.5) is 9.59 Å². The molecule has 34 heteroatoms. The number of aliphatic hydroxyl groups is 9. The summed E-state index contributed by atoms with van der Waals surface area (Å²) >= 11 is 0. The summed E-state index contributed by atoms with van der Waals surface area (Å²) < 4.78 is 66.9. The van der Waals surface area contributed by atoms with Gasteiger partial charge < -0.3 is 123 Å². The number of rotatable bonds is 41. The Balaban J connectivity index is 0.00000165. The molecule has 2 amide bonds. The SMILES string of the molecule is C1CCOC1.C=CC(=O)OC1[C@H](O)OC(CO)[C@@H](O)[C@@H]1OC(=O)C=C.CC(C)(C)Cc1ccccc1.CC(C)(C)OC(=O)C(C)(C)C.CCCCCCNCc1ccccc1.CCCCN(CCCCCC(=O)OC1[C@H](O)OC(CO)[C@@H](O)[C@@H]1OC(=O)CCC)C(=O)OC(C)(C)C.CCCCN(CCCCCC(=O)OC1[C@H](O)OC(CO)[C@@H](O)[C@@H]1OC(=O)CCC)C(=O)OC(C)(C)C. The summed E-state index contributed by atoms with van der Waals surface area (Å²) in [6.45, 7) is 49.7. The smallest absolute Gasteiger partial charge is 0.410 e. The Labute approximate surface area is 791 Å². The molecular weight excluding hydrogens is 1730 g/mol. The summed E-state index contributed by atoms with van der Waals surface area (Å²) in [6, 6.07) is 21.2. The van der Waals surface area contributed by atoms with Crippen molar-refractivity contribution >= 4 is 54.0 Å². The van der Waals surface area contributed by atoms with Gasteiger partial charge in [0.05, 0.1) is 25.2 Å². The second-order valence-electron chi connectivity index (χ2n) is 38.0. The zero-order chi connectivity index (χ0) is 101. The van der Waals surface area contributed by atoms with Crippen LogP contribution in [0.25, 0.3) is 0 Å². The molecule has 0 saturated carbocycles. The van der Waals surface area contributed by atoms with E-state index in [0.29, 0.717) is 83.0 Å². The molecular formula is C99H169N3O31. The van der Waals surface area contributed by atoms with Crippen LogP contribution in [0.5, 0.6) is 0 Å². The Morgan fingerprint density at radius 2 is 0.722 bits per heavy atom. The van der Waals surface area contributed by atoms with Gasteiger partial charge in [-0.25, -0.2) is 19.2 Å². The zero-order valence-corrected chi connectivity index (χ0v) is 83.4. The van der Waals surface area contributed by atoms with Crippen molar-refractivity contribution in [3.63, 3.8) is 0 Å². The molecule has 0 aliphatic carbocycles. The summed E-state index contributed by atoms with van der Waals surface area (Å²) in [5.74, 6) is -4.47. The highest BCUT2D eigenvalue weighted by Gasteiger charge is 2.52. The number of hydrogen-bond donors (Lipinski definition) is 10. The van der Waals surface area contributed by atoms with Gasteiger partial charge in [0.15, 0.2) is 55.5 Å². The molecule has 10 N–H and O–H groups in total. The normalized spacial score (nSPS) is 22.1. The van der Waals surface area contributed by atoms with Crippen molar-refractivity contribution in [3.8, 4) is 0 Å². The predicted molar refractivity (Wildman–Crippen MR) is 501 cm³/mol. The number of carbonyl (C=O) groups is 9. The highest BCUT2D eigenvalue weighted by atomic mass is 16.7. The topological polar surface area (TPSA) is 474 Å². The summed E-state index contributed by atoms with van der Waals surface area (Å²) in [5.41, 5.74) is 1.29. The number of nitrogens with zero attached hydrogens (tertiary/aromatic N) is 2. The maximum atomic E-state index is 12.4. The van der Waals surface area contributed by atoms with Gasteiger partial charge in [-0.3, -0.25) is 24.0 Å². The third kappa shape index (κ3) is 57.7. The highest BCUT2D eigenvalue weighted by Crippen LogP contribution is 2.31. The van der Waals surface area contributed by atoms with Crippen LogP contribution in [0.2, 0.25) is 0 Å². The summed E-state index contributed by atoms with van der Waals surface area (Å²) in [7, 11) is 0. The molecule has 766 valence electrons. The Bertz CT molecular complexity index is 3400. The van der Waals surface area contributed by atoms with Gasteiger partial charge in [-0.2, -0.15) is 0 Å². The van der Waals surface area contributed by atoms with E-state index in [4.69, 9.17) is 66.7 Å². The average molecular weight is 1900 g/mol. The van der Waals surface area contributed by atoms with Crippen molar-refractivity contribution in [1.29, 1.82) is 0 Å². The molecule has 4 aliphatic rings. The van der Waals surface area contributed by atoms with Crippen LogP contribution in [-0.2, 0) is 108 Å². The first kappa shape index (κ1) is 125. The van der Waals surface area contributed by atoms with Gasteiger partial charge in [0.1, 0.15) is 53.4 Å². The minimum atomic E-state index is -1.68. The fourth-order valence-corrected chi connectivity index (χ4v) is 12.7. The number of hydrogen-bond acceptors (Lipinski definition) is 32. The first-order chi connectivity index (χ1) is 62.4. The second-order valence-corrected chi connectivity index (χ2v) is 38.0. The predicted octanol–water partition coefficient (Wildman–Crippen LogP) is 12.6. The summed E-state index contributed by atoms with van der Waals surface area (Å²) in [5, 5.41) is 92.2. The Morgan fingerprint density at radius 1 is 0.398 bits per heavy atom. The minimum absolute atomic E-state index is 0.0275. The number of nitrogens with one attached hydrogen (secondary N) is 1. The van der Waals surface area contributed by atoms with Crippen molar-refractivity contribution in [2.45, 2.75) is 402 Å². The van der Waals surface area contributed by atoms with Gasteiger partial charge in [-0.1, -0.05) is 174 Å². The molecule has 4 heterocycles. The van der Waals surface area contributed by atoms with E-state index in [1.807, 2.05) is 96.9 Å².